The minimum atomic E-state index is -0.0995. The molecule has 128 valence electrons. The van der Waals surface area contributed by atoms with Gasteiger partial charge in [-0.15, -0.1) is 0 Å². The summed E-state index contributed by atoms with van der Waals surface area (Å²) in [5.74, 6) is -0.0612. The highest BCUT2D eigenvalue weighted by Gasteiger charge is 2.29. The average molecular weight is 320 g/mol. The number of fused-ring (bicyclic) bond motifs is 1. The van der Waals surface area contributed by atoms with E-state index in [-0.39, 0.29) is 29.8 Å². The van der Waals surface area contributed by atoms with Gasteiger partial charge in [0.15, 0.2) is 0 Å². The highest BCUT2D eigenvalue weighted by atomic mass is 16.2. The van der Waals surface area contributed by atoms with Crippen molar-refractivity contribution in [2.24, 2.45) is 5.92 Å². The molecule has 1 aromatic heterocycles. The predicted molar refractivity (Wildman–Crippen MR) is 89.2 cm³/mol. The molecule has 0 bridgehead atoms. The summed E-state index contributed by atoms with van der Waals surface area (Å²) in [6.45, 7) is 8.65. The molecule has 6 nitrogen and oxygen atoms in total. The standard InChI is InChI=1S/C17H28N4O2/c1-5-13(6-2)20-17(23)15-14-8-7-12(9-21(14)10-18-15)16(22)19-11(3)4/h10-13H,5-9H2,1-4H3,(H,19,22)(H,20,23). The van der Waals surface area contributed by atoms with Gasteiger partial charge < -0.3 is 15.2 Å². The van der Waals surface area contributed by atoms with Gasteiger partial charge in [0.05, 0.1) is 17.9 Å². The minimum Gasteiger partial charge on any atom is -0.354 e. The first-order valence-electron chi connectivity index (χ1n) is 8.61. The number of hydrogen-bond acceptors (Lipinski definition) is 3. The number of rotatable bonds is 6. The quantitative estimate of drug-likeness (QED) is 0.840. The fraction of sp³-hybridized carbons (Fsp3) is 0.706. The van der Waals surface area contributed by atoms with E-state index in [4.69, 9.17) is 0 Å². The molecule has 2 heterocycles. The Kier molecular flexibility index (Phi) is 5.80. The Labute approximate surface area is 138 Å². The molecule has 1 atom stereocenters. The van der Waals surface area contributed by atoms with E-state index in [0.29, 0.717) is 18.7 Å². The third-order valence-electron chi connectivity index (χ3n) is 4.43. The Morgan fingerprint density at radius 1 is 1.30 bits per heavy atom. The molecule has 2 amide bonds. The van der Waals surface area contributed by atoms with Crippen LogP contribution in [-0.2, 0) is 17.8 Å². The second kappa shape index (κ2) is 7.62. The van der Waals surface area contributed by atoms with Gasteiger partial charge in [-0.1, -0.05) is 13.8 Å². The van der Waals surface area contributed by atoms with E-state index in [2.05, 4.69) is 29.5 Å². The van der Waals surface area contributed by atoms with Crippen molar-refractivity contribution in [1.29, 1.82) is 0 Å². The van der Waals surface area contributed by atoms with E-state index in [9.17, 15) is 9.59 Å². The fourth-order valence-electron chi connectivity index (χ4n) is 3.02. The molecule has 1 aliphatic rings. The van der Waals surface area contributed by atoms with Crippen LogP contribution in [0.4, 0.5) is 0 Å². The summed E-state index contributed by atoms with van der Waals surface area (Å²) in [6.07, 6.45) is 4.98. The van der Waals surface area contributed by atoms with E-state index < -0.39 is 0 Å². The van der Waals surface area contributed by atoms with Crippen LogP contribution in [0.5, 0.6) is 0 Å². The first-order chi connectivity index (χ1) is 11.0. The van der Waals surface area contributed by atoms with Gasteiger partial charge in [-0.2, -0.15) is 0 Å². The van der Waals surface area contributed by atoms with E-state index in [0.717, 1.165) is 25.0 Å². The van der Waals surface area contributed by atoms with Crippen molar-refractivity contribution in [2.45, 2.75) is 72.0 Å². The predicted octanol–water partition coefficient (Wildman–Crippen LogP) is 1.89. The highest BCUT2D eigenvalue weighted by molar-refractivity contribution is 5.93. The van der Waals surface area contributed by atoms with Gasteiger partial charge in [-0.25, -0.2) is 4.98 Å². The minimum absolute atomic E-state index is 0.0472. The molecule has 0 saturated carbocycles. The van der Waals surface area contributed by atoms with Crippen LogP contribution in [0.2, 0.25) is 0 Å². The molecule has 0 radical (unpaired) electrons. The van der Waals surface area contributed by atoms with Crippen LogP contribution in [0.1, 0.15) is 63.1 Å². The lowest BCUT2D eigenvalue weighted by Crippen LogP contribution is -2.39. The average Bonchev–Trinajstić information content (AvgIpc) is 2.94. The van der Waals surface area contributed by atoms with Crippen molar-refractivity contribution in [2.75, 3.05) is 0 Å². The summed E-state index contributed by atoms with van der Waals surface area (Å²) in [4.78, 5) is 28.9. The number of carbonyl (C=O) groups excluding carboxylic acids is 2. The lowest BCUT2D eigenvalue weighted by molar-refractivity contribution is -0.126. The molecule has 0 aromatic carbocycles. The second-order valence-electron chi connectivity index (χ2n) is 6.58. The second-order valence-corrected chi connectivity index (χ2v) is 6.58. The van der Waals surface area contributed by atoms with Crippen molar-refractivity contribution < 1.29 is 9.59 Å². The van der Waals surface area contributed by atoms with Gasteiger partial charge in [-0.3, -0.25) is 9.59 Å². The van der Waals surface area contributed by atoms with E-state index in [1.54, 1.807) is 6.33 Å². The summed E-state index contributed by atoms with van der Waals surface area (Å²) < 4.78 is 1.95. The SMILES string of the molecule is CCC(CC)NC(=O)c1ncn2c1CCC(C(=O)NC(C)C)C2. The molecule has 0 saturated heterocycles. The molecule has 23 heavy (non-hydrogen) atoms. The zero-order chi connectivity index (χ0) is 17.0. The zero-order valence-corrected chi connectivity index (χ0v) is 14.6. The summed E-state index contributed by atoms with van der Waals surface area (Å²) in [5, 5.41) is 6.00. The maximum atomic E-state index is 12.4. The summed E-state index contributed by atoms with van der Waals surface area (Å²) in [6, 6.07) is 0.334. The third kappa shape index (κ3) is 4.12. The molecule has 6 heteroatoms. The van der Waals surface area contributed by atoms with E-state index in [1.165, 1.54) is 0 Å². The molecular formula is C17H28N4O2. The first-order valence-corrected chi connectivity index (χ1v) is 8.61. The summed E-state index contributed by atoms with van der Waals surface area (Å²) in [7, 11) is 0. The largest absolute Gasteiger partial charge is 0.354 e. The lowest BCUT2D eigenvalue weighted by atomic mass is 9.95. The molecule has 1 aliphatic heterocycles. The van der Waals surface area contributed by atoms with Gasteiger partial charge in [0.25, 0.3) is 5.91 Å². The fourth-order valence-corrected chi connectivity index (χ4v) is 3.02. The van der Waals surface area contributed by atoms with Crippen molar-refractivity contribution in [3.63, 3.8) is 0 Å². The van der Waals surface area contributed by atoms with Crippen molar-refractivity contribution >= 4 is 11.8 Å². The molecule has 0 fully saturated rings. The number of imidazole rings is 1. The molecule has 1 aromatic rings. The van der Waals surface area contributed by atoms with Crippen LogP contribution in [0.15, 0.2) is 6.33 Å². The zero-order valence-electron chi connectivity index (χ0n) is 14.6. The van der Waals surface area contributed by atoms with Crippen LogP contribution in [0.25, 0.3) is 0 Å². The Morgan fingerprint density at radius 2 is 2.00 bits per heavy atom. The van der Waals surface area contributed by atoms with Crippen LogP contribution in [0, 0.1) is 5.92 Å². The van der Waals surface area contributed by atoms with Crippen molar-refractivity contribution in [3.8, 4) is 0 Å². The monoisotopic (exact) mass is 320 g/mol. The number of carbonyl (C=O) groups is 2. The highest BCUT2D eigenvalue weighted by Crippen LogP contribution is 2.23. The van der Waals surface area contributed by atoms with Crippen LogP contribution in [0.3, 0.4) is 0 Å². The topological polar surface area (TPSA) is 76.0 Å². The Morgan fingerprint density at radius 3 is 2.61 bits per heavy atom. The molecule has 2 N–H and O–H groups in total. The van der Waals surface area contributed by atoms with Gasteiger partial charge >= 0.3 is 0 Å². The summed E-state index contributed by atoms with van der Waals surface area (Å²) in [5.41, 5.74) is 1.46. The summed E-state index contributed by atoms with van der Waals surface area (Å²) >= 11 is 0. The molecule has 0 spiro atoms. The number of nitrogens with zero attached hydrogens (tertiary/aromatic N) is 2. The normalized spacial score (nSPS) is 17.2. The third-order valence-corrected chi connectivity index (χ3v) is 4.43. The maximum Gasteiger partial charge on any atom is 0.271 e. The van der Waals surface area contributed by atoms with Gasteiger partial charge in [0, 0.05) is 18.6 Å². The van der Waals surface area contributed by atoms with Crippen molar-refractivity contribution in [1.82, 2.24) is 20.2 Å². The smallest absolute Gasteiger partial charge is 0.271 e. The Balaban J connectivity index is 2.06. The Hall–Kier alpha value is -1.85. The van der Waals surface area contributed by atoms with Crippen LogP contribution >= 0.6 is 0 Å². The lowest BCUT2D eigenvalue weighted by Gasteiger charge is -2.25. The number of nitrogens with one attached hydrogen (secondary N) is 2. The van der Waals surface area contributed by atoms with Gasteiger partial charge in [-0.05, 0) is 39.5 Å². The van der Waals surface area contributed by atoms with E-state index in [1.807, 2.05) is 18.4 Å². The number of amides is 2. The van der Waals surface area contributed by atoms with Crippen LogP contribution < -0.4 is 10.6 Å². The van der Waals surface area contributed by atoms with E-state index >= 15 is 0 Å². The molecule has 2 rings (SSSR count). The number of hydrogen-bond donors (Lipinski definition) is 2. The first kappa shape index (κ1) is 17.5. The molecule has 0 aliphatic carbocycles. The van der Waals surface area contributed by atoms with Crippen molar-refractivity contribution in [3.05, 3.63) is 17.7 Å². The maximum absolute atomic E-state index is 12.4. The van der Waals surface area contributed by atoms with Crippen LogP contribution in [-0.4, -0.2) is 33.4 Å². The Bertz CT molecular complexity index is 561. The molecular weight excluding hydrogens is 292 g/mol. The number of aromatic nitrogens is 2. The van der Waals surface area contributed by atoms with Gasteiger partial charge in [0.1, 0.15) is 5.69 Å². The molecule has 1 unspecified atom stereocenters. The van der Waals surface area contributed by atoms with Gasteiger partial charge in [0.2, 0.25) is 5.91 Å².